The molecule has 0 spiro atoms. The van der Waals surface area contributed by atoms with Gasteiger partial charge in [-0.2, -0.15) is 0 Å². The van der Waals surface area contributed by atoms with Crippen LogP contribution in [0.5, 0.6) is 11.5 Å². The van der Waals surface area contributed by atoms with E-state index in [-0.39, 0.29) is 43.9 Å². The van der Waals surface area contributed by atoms with Crippen LogP contribution in [0, 0.1) is 0 Å². The van der Waals surface area contributed by atoms with E-state index in [9.17, 15) is 34.8 Å². The Balaban J connectivity index is 1.53. The second-order valence-corrected chi connectivity index (χ2v) is 18.6. The van der Waals surface area contributed by atoms with Crippen molar-refractivity contribution in [1.82, 2.24) is 4.90 Å². The predicted molar refractivity (Wildman–Crippen MR) is 186 cm³/mol. The van der Waals surface area contributed by atoms with E-state index in [0.717, 1.165) is 18.9 Å². The van der Waals surface area contributed by atoms with Crippen molar-refractivity contribution in [3.8, 4) is 11.5 Å². The van der Waals surface area contributed by atoms with Gasteiger partial charge in [-0.25, -0.2) is 45.1 Å². The summed E-state index contributed by atoms with van der Waals surface area (Å²) in [6.07, 6.45) is -0.316. The first kappa shape index (κ1) is 39.0. The predicted octanol–water partition coefficient (Wildman–Crippen LogP) is 4.36. The molecule has 19 heteroatoms. The smallest absolute Gasteiger partial charge is 0.410 e. The maximum atomic E-state index is 13.4. The van der Waals surface area contributed by atoms with Gasteiger partial charge < -0.3 is 24.4 Å². The Bertz CT molecular complexity index is 2050. The van der Waals surface area contributed by atoms with E-state index in [2.05, 4.69) is 5.32 Å². The van der Waals surface area contributed by atoms with Crippen LogP contribution in [-0.2, 0) is 39.4 Å². The molecule has 0 fully saturated rings. The number of carbonyl (C=O) groups excluding carboxylic acids is 2. The van der Waals surface area contributed by atoms with Crippen LogP contribution >= 0.6 is 11.3 Å². The Labute approximate surface area is 295 Å². The average molecular weight is 773 g/mol. The Morgan fingerprint density at radius 3 is 2.34 bits per heavy atom. The Morgan fingerprint density at radius 1 is 1.06 bits per heavy atom. The third kappa shape index (κ3) is 8.93. The Kier molecular flexibility index (Phi) is 12.2. The molecule has 1 aliphatic rings. The number of anilines is 1. The third-order valence-electron chi connectivity index (χ3n) is 7.79. The highest BCUT2D eigenvalue weighted by molar-refractivity contribution is 7.95. The van der Waals surface area contributed by atoms with Gasteiger partial charge in [-0.15, -0.1) is 11.3 Å². The van der Waals surface area contributed by atoms with Crippen LogP contribution in [0.3, 0.4) is 0 Å². The number of esters is 1. The van der Waals surface area contributed by atoms with Gasteiger partial charge in [0, 0.05) is 18.7 Å². The van der Waals surface area contributed by atoms with E-state index in [1.807, 2.05) is 6.92 Å². The summed E-state index contributed by atoms with van der Waals surface area (Å²) in [5, 5.41) is 13.0. The van der Waals surface area contributed by atoms with E-state index in [1.54, 1.807) is 37.3 Å². The number of para-hydroxylation sites is 1. The Hall–Kier alpha value is -3.75. The number of hydrogen-bond donors (Lipinski definition) is 3. The summed E-state index contributed by atoms with van der Waals surface area (Å²) in [7, 11) is -12.5. The van der Waals surface area contributed by atoms with Crippen molar-refractivity contribution < 1.29 is 49.1 Å². The first-order valence-corrected chi connectivity index (χ1v) is 21.1. The highest BCUT2D eigenvalue weighted by atomic mass is 32.3. The fourth-order valence-electron chi connectivity index (χ4n) is 5.21. The van der Waals surface area contributed by atoms with Gasteiger partial charge in [0.05, 0.1) is 22.5 Å². The lowest BCUT2D eigenvalue weighted by Crippen LogP contribution is -2.41. The SMILES string of the molecule is CCCCNc1cc(C(=O)OCC(C)OC(=O)N(CC)[C@H]2C[C@H](C)S(=O)(=O)c3sc(S(N)(=O)=O)cc32)cc(S(N)(=O)=O)c1Oc1ccccc1. The first-order chi connectivity index (χ1) is 23.4. The van der Waals surface area contributed by atoms with E-state index >= 15 is 0 Å². The number of ether oxygens (including phenoxy) is 3. The molecular formula is C31H40N4O11S4. The van der Waals surface area contributed by atoms with Crippen molar-refractivity contribution >= 4 is 59.0 Å². The van der Waals surface area contributed by atoms with E-state index < -0.39 is 70.8 Å². The monoisotopic (exact) mass is 772 g/mol. The number of nitrogens with two attached hydrogens (primary N) is 2. The maximum absolute atomic E-state index is 13.4. The number of nitrogens with zero attached hydrogens (tertiary/aromatic N) is 1. The molecule has 5 N–H and O–H groups in total. The highest BCUT2D eigenvalue weighted by Gasteiger charge is 2.43. The molecular weight excluding hydrogens is 733 g/mol. The number of rotatable bonds is 14. The normalized spacial score (nSPS) is 17.6. The van der Waals surface area contributed by atoms with Gasteiger partial charge in [-0.1, -0.05) is 31.5 Å². The van der Waals surface area contributed by atoms with E-state index in [4.69, 9.17) is 24.5 Å². The zero-order valence-corrected chi connectivity index (χ0v) is 31.1. The molecule has 3 aromatic rings. The largest absolute Gasteiger partial charge is 0.458 e. The molecule has 1 aliphatic heterocycles. The lowest BCUT2D eigenvalue weighted by molar-refractivity contribution is 0.00895. The molecule has 1 aromatic heterocycles. The van der Waals surface area contributed by atoms with Gasteiger partial charge in [0.25, 0.3) is 0 Å². The zero-order valence-electron chi connectivity index (χ0n) is 27.8. The second-order valence-electron chi connectivity index (χ2n) is 11.6. The molecule has 0 radical (unpaired) electrons. The summed E-state index contributed by atoms with van der Waals surface area (Å²) < 4.78 is 91.8. The summed E-state index contributed by atoms with van der Waals surface area (Å²) in [5.74, 6) is -0.685. The van der Waals surface area contributed by atoms with Gasteiger partial charge in [0.15, 0.2) is 15.6 Å². The molecule has 0 bridgehead atoms. The van der Waals surface area contributed by atoms with Crippen LogP contribution in [-0.4, -0.2) is 73.3 Å². The molecule has 2 aromatic carbocycles. The number of amides is 1. The van der Waals surface area contributed by atoms with Crippen molar-refractivity contribution in [3.05, 3.63) is 59.7 Å². The molecule has 15 nitrogen and oxygen atoms in total. The number of nitrogens with one attached hydrogen (secondary N) is 1. The van der Waals surface area contributed by atoms with Crippen molar-refractivity contribution in [2.45, 2.75) is 77.7 Å². The second kappa shape index (κ2) is 15.6. The van der Waals surface area contributed by atoms with Crippen LogP contribution in [0.15, 0.2) is 61.8 Å². The number of sulfone groups is 1. The molecule has 1 amide bonds. The molecule has 3 atom stereocenters. The molecule has 0 aliphatic carbocycles. The van der Waals surface area contributed by atoms with Crippen molar-refractivity contribution in [2.24, 2.45) is 10.3 Å². The summed E-state index contributed by atoms with van der Waals surface area (Å²) in [6.45, 7) is 6.64. The lowest BCUT2D eigenvalue weighted by Gasteiger charge is -2.35. The van der Waals surface area contributed by atoms with Gasteiger partial charge in [0.2, 0.25) is 20.0 Å². The van der Waals surface area contributed by atoms with Crippen LogP contribution in [0.25, 0.3) is 0 Å². The number of unbranched alkanes of at least 4 members (excludes halogenated alkanes) is 1. The third-order valence-corrected chi connectivity index (χ3v) is 14.0. The van der Waals surface area contributed by atoms with E-state index in [0.29, 0.717) is 23.6 Å². The quantitative estimate of drug-likeness (QED) is 0.153. The minimum atomic E-state index is -4.40. The van der Waals surface area contributed by atoms with E-state index in [1.165, 1.54) is 30.9 Å². The fourth-order valence-corrected chi connectivity index (χ4v) is 10.3. The van der Waals surface area contributed by atoms with Gasteiger partial charge in [0.1, 0.15) is 31.8 Å². The zero-order chi connectivity index (χ0) is 37.0. The summed E-state index contributed by atoms with van der Waals surface area (Å²) >= 11 is 0.534. The number of hydrogen-bond acceptors (Lipinski definition) is 13. The molecule has 0 saturated heterocycles. The number of primary sulfonamides is 2. The molecule has 0 saturated carbocycles. The van der Waals surface area contributed by atoms with Crippen LogP contribution < -0.4 is 20.3 Å². The minimum absolute atomic E-state index is 0.0204. The average Bonchev–Trinajstić information content (AvgIpc) is 3.51. The minimum Gasteiger partial charge on any atom is -0.458 e. The standard InChI is InChI=1S/C31H40N4O11S4/c1-5-7-13-34-24-15-21(16-26(49(32,40)41)28(24)46-22-11-9-8-10-12-22)29(36)44-18-19(3)45-31(37)35(6-2)25-14-20(4)48(38,39)30-23(25)17-27(47-30)50(33,42)43/h8-12,15-17,19-20,25,34H,5-7,13-14,18H2,1-4H3,(H2,32,40,41)(H2,33,42,43)/t19?,20-,25-/m0/s1. The van der Waals surface area contributed by atoms with Gasteiger partial charge in [-0.3, -0.25) is 0 Å². The number of fused-ring (bicyclic) bond motifs is 1. The first-order valence-electron chi connectivity index (χ1n) is 15.6. The highest BCUT2D eigenvalue weighted by Crippen LogP contribution is 2.45. The lowest BCUT2D eigenvalue weighted by atomic mass is 10.0. The number of sulfonamides is 2. The number of carbonyl (C=O) groups is 2. The molecule has 274 valence electrons. The van der Waals surface area contributed by atoms with Crippen molar-refractivity contribution in [3.63, 3.8) is 0 Å². The molecule has 1 unspecified atom stereocenters. The number of benzene rings is 2. The maximum Gasteiger partial charge on any atom is 0.410 e. The van der Waals surface area contributed by atoms with Crippen molar-refractivity contribution in [2.75, 3.05) is 25.0 Å². The van der Waals surface area contributed by atoms with Crippen LogP contribution in [0.4, 0.5) is 10.5 Å². The molecule has 4 rings (SSSR count). The summed E-state index contributed by atoms with van der Waals surface area (Å²) in [6, 6.07) is 11.2. The molecule has 50 heavy (non-hydrogen) atoms. The summed E-state index contributed by atoms with van der Waals surface area (Å²) in [4.78, 5) is 27.4. The Morgan fingerprint density at radius 2 is 1.74 bits per heavy atom. The van der Waals surface area contributed by atoms with Crippen LogP contribution in [0.2, 0.25) is 0 Å². The van der Waals surface area contributed by atoms with Gasteiger partial charge >= 0.3 is 12.1 Å². The molecule has 2 heterocycles. The fraction of sp³-hybridized carbons (Fsp3) is 0.419. The number of thiophene rings is 1. The van der Waals surface area contributed by atoms with Crippen molar-refractivity contribution in [1.29, 1.82) is 0 Å². The van der Waals surface area contributed by atoms with Gasteiger partial charge in [-0.05, 0) is 63.9 Å². The van der Waals surface area contributed by atoms with Crippen LogP contribution in [0.1, 0.15) is 68.9 Å². The topological polar surface area (TPSA) is 232 Å². The summed E-state index contributed by atoms with van der Waals surface area (Å²) in [5.41, 5.74) is 0.167.